The van der Waals surface area contributed by atoms with Crippen LogP contribution in [0.5, 0.6) is 0 Å². The van der Waals surface area contributed by atoms with E-state index < -0.39 is 0 Å². The Bertz CT molecular complexity index is 863. The molecule has 0 atom stereocenters. The summed E-state index contributed by atoms with van der Waals surface area (Å²) in [5.41, 5.74) is 2.12. The summed E-state index contributed by atoms with van der Waals surface area (Å²) in [6.45, 7) is 0. The molecule has 1 N–H and O–H groups in total. The SMILES string of the molecule is O=c1cc(-c2ccncc2)[nH]c(Cc2ccc(Cl)cc2Cl)n1. The van der Waals surface area contributed by atoms with Gasteiger partial charge in [-0.25, -0.2) is 0 Å². The van der Waals surface area contributed by atoms with Crippen LogP contribution in [-0.2, 0) is 6.42 Å². The number of rotatable bonds is 3. The predicted molar refractivity (Wildman–Crippen MR) is 87.4 cm³/mol. The summed E-state index contributed by atoms with van der Waals surface area (Å²) < 4.78 is 0. The van der Waals surface area contributed by atoms with E-state index in [1.165, 1.54) is 6.07 Å². The highest BCUT2D eigenvalue weighted by Crippen LogP contribution is 2.23. The number of pyridine rings is 1. The second-order valence-electron chi connectivity index (χ2n) is 4.73. The van der Waals surface area contributed by atoms with Gasteiger partial charge in [-0.2, -0.15) is 4.98 Å². The molecule has 0 saturated carbocycles. The van der Waals surface area contributed by atoms with E-state index >= 15 is 0 Å². The number of halogens is 2. The van der Waals surface area contributed by atoms with Gasteiger partial charge in [-0.1, -0.05) is 29.3 Å². The molecule has 1 aromatic carbocycles. The van der Waals surface area contributed by atoms with Crippen molar-refractivity contribution in [3.8, 4) is 11.3 Å². The number of aromatic amines is 1. The van der Waals surface area contributed by atoms with E-state index in [-0.39, 0.29) is 5.56 Å². The van der Waals surface area contributed by atoms with Crippen LogP contribution in [0.3, 0.4) is 0 Å². The highest BCUT2D eigenvalue weighted by molar-refractivity contribution is 6.35. The summed E-state index contributed by atoms with van der Waals surface area (Å²) in [7, 11) is 0. The Morgan fingerprint density at radius 1 is 1.05 bits per heavy atom. The summed E-state index contributed by atoms with van der Waals surface area (Å²) >= 11 is 12.1. The lowest BCUT2D eigenvalue weighted by molar-refractivity contribution is 0.950. The van der Waals surface area contributed by atoms with Crippen LogP contribution in [0.25, 0.3) is 11.3 Å². The van der Waals surface area contributed by atoms with Crippen LogP contribution < -0.4 is 5.56 Å². The summed E-state index contributed by atoms with van der Waals surface area (Å²) in [6, 6.07) is 10.4. The summed E-state index contributed by atoms with van der Waals surface area (Å²) in [5, 5.41) is 1.12. The molecule has 3 aromatic rings. The summed E-state index contributed by atoms with van der Waals surface area (Å²) in [4.78, 5) is 22.9. The second kappa shape index (κ2) is 6.30. The molecule has 0 aliphatic heterocycles. The highest BCUT2D eigenvalue weighted by atomic mass is 35.5. The molecule has 0 aliphatic carbocycles. The first-order valence-corrected chi connectivity index (χ1v) is 7.32. The molecule has 2 aromatic heterocycles. The Kier molecular flexibility index (Phi) is 4.22. The van der Waals surface area contributed by atoms with Gasteiger partial charge in [0.05, 0.1) is 5.69 Å². The number of nitrogens with one attached hydrogen (secondary N) is 1. The normalized spacial score (nSPS) is 10.6. The van der Waals surface area contributed by atoms with E-state index in [4.69, 9.17) is 23.2 Å². The average molecular weight is 332 g/mol. The van der Waals surface area contributed by atoms with E-state index in [2.05, 4.69) is 15.0 Å². The van der Waals surface area contributed by atoms with Crippen molar-refractivity contribution in [3.63, 3.8) is 0 Å². The molecule has 0 saturated heterocycles. The van der Waals surface area contributed by atoms with Gasteiger partial charge in [0.15, 0.2) is 0 Å². The average Bonchev–Trinajstić information content (AvgIpc) is 2.50. The highest BCUT2D eigenvalue weighted by Gasteiger charge is 2.07. The second-order valence-corrected chi connectivity index (χ2v) is 5.57. The van der Waals surface area contributed by atoms with Gasteiger partial charge in [0.2, 0.25) is 0 Å². The molecule has 0 spiro atoms. The fraction of sp³-hybridized carbons (Fsp3) is 0.0625. The van der Waals surface area contributed by atoms with Gasteiger partial charge in [-0.15, -0.1) is 0 Å². The molecule has 0 aliphatic rings. The molecule has 0 bridgehead atoms. The third kappa shape index (κ3) is 3.35. The topological polar surface area (TPSA) is 58.6 Å². The van der Waals surface area contributed by atoms with Gasteiger partial charge in [0, 0.05) is 40.5 Å². The van der Waals surface area contributed by atoms with Crippen LogP contribution >= 0.6 is 23.2 Å². The Labute approximate surface area is 136 Å². The van der Waals surface area contributed by atoms with Crippen molar-refractivity contribution < 1.29 is 0 Å². The van der Waals surface area contributed by atoms with Crippen LogP contribution in [0, 0.1) is 0 Å². The van der Waals surface area contributed by atoms with Crippen LogP contribution in [-0.4, -0.2) is 15.0 Å². The van der Waals surface area contributed by atoms with E-state index in [9.17, 15) is 4.79 Å². The monoisotopic (exact) mass is 331 g/mol. The number of hydrogen-bond acceptors (Lipinski definition) is 3. The van der Waals surface area contributed by atoms with Crippen LogP contribution in [0.15, 0.2) is 53.6 Å². The molecule has 0 amide bonds. The fourth-order valence-electron chi connectivity index (χ4n) is 2.12. The zero-order valence-corrected chi connectivity index (χ0v) is 12.9. The van der Waals surface area contributed by atoms with Gasteiger partial charge in [-0.05, 0) is 29.8 Å². The number of nitrogens with zero attached hydrogens (tertiary/aromatic N) is 2. The van der Waals surface area contributed by atoms with Crippen molar-refractivity contribution >= 4 is 23.2 Å². The molecule has 110 valence electrons. The number of hydrogen-bond donors (Lipinski definition) is 1. The third-order valence-corrected chi connectivity index (χ3v) is 3.74. The van der Waals surface area contributed by atoms with Gasteiger partial charge in [0.25, 0.3) is 5.56 Å². The first-order chi connectivity index (χ1) is 10.6. The largest absolute Gasteiger partial charge is 0.343 e. The number of aromatic nitrogens is 3. The standard InChI is InChI=1S/C16H11Cl2N3O/c17-12-2-1-11(13(18)8-12)7-15-20-14(9-16(22)21-15)10-3-5-19-6-4-10/h1-6,8-9H,7H2,(H,20,21,22). The maximum atomic E-state index is 11.8. The maximum absolute atomic E-state index is 11.8. The summed E-state index contributed by atoms with van der Waals surface area (Å²) in [6.07, 6.45) is 3.76. The Morgan fingerprint density at radius 3 is 2.55 bits per heavy atom. The Morgan fingerprint density at radius 2 is 1.82 bits per heavy atom. The quantitative estimate of drug-likeness (QED) is 0.795. The van der Waals surface area contributed by atoms with Gasteiger partial charge >= 0.3 is 0 Å². The van der Waals surface area contributed by atoms with Crippen molar-refractivity contribution in [2.24, 2.45) is 0 Å². The zero-order chi connectivity index (χ0) is 15.5. The molecule has 6 heteroatoms. The van der Waals surface area contributed by atoms with E-state index in [1.807, 2.05) is 18.2 Å². The molecule has 0 fully saturated rings. The van der Waals surface area contributed by atoms with E-state index in [1.54, 1.807) is 24.5 Å². The lowest BCUT2D eigenvalue weighted by Crippen LogP contribution is -2.11. The lowest BCUT2D eigenvalue weighted by atomic mass is 10.1. The smallest absolute Gasteiger partial charge is 0.273 e. The first kappa shape index (κ1) is 14.8. The van der Waals surface area contributed by atoms with Gasteiger partial charge in [-0.3, -0.25) is 9.78 Å². The van der Waals surface area contributed by atoms with Crippen molar-refractivity contribution in [3.05, 3.63) is 80.6 Å². The maximum Gasteiger partial charge on any atom is 0.273 e. The summed E-state index contributed by atoms with van der Waals surface area (Å²) in [5.74, 6) is 0.545. The van der Waals surface area contributed by atoms with E-state index in [0.29, 0.717) is 28.0 Å². The Balaban J connectivity index is 1.98. The molecule has 22 heavy (non-hydrogen) atoms. The molecule has 0 unspecified atom stereocenters. The van der Waals surface area contributed by atoms with Crippen LogP contribution in [0.1, 0.15) is 11.4 Å². The Hall–Kier alpha value is -2.17. The minimum absolute atomic E-state index is 0.300. The lowest BCUT2D eigenvalue weighted by Gasteiger charge is -2.07. The van der Waals surface area contributed by atoms with Crippen molar-refractivity contribution in [1.82, 2.24) is 15.0 Å². The minimum atomic E-state index is -0.300. The van der Waals surface area contributed by atoms with Gasteiger partial charge in [0.1, 0.15) is 5.82 Å². The molecule has 2 heterocycles. The number of benzene rings is 1. The predicted octanol–water partition coefficient (Wildman–Crippen LogP) is 3.73. The zero-order valence-electron chi connectivity index (χ0n) is 11.4. The number of H-pyrrole nitrogens is 1. The van der Waals surface area contributed by atoms with E-state index in [0.717, 1.165) is 11.1 Å². The molecule has 3 rings (SSSR count). The fourth-order valence-corrected chi connectivity index (χ4v) is 2.60. The van der Waals surface area contributed by atoms with Crippen LogP contribution in [0.4, 0.5) is 0 Å². The van der Waals surface area contributed by atoms with Gasteiger partial charge < -0.3 is 4.98 Å². The third-order valence-electron chi connectivity index (χ3n) is 3.16. The first-order valence-electron chi connectivity index (χ1n) is 6.56. The van der Waals surface area contributed by atoms with Crippen molar-refractivity contribution in [2.45, 2.75) is 6.42 Å². The minimum Gasteiger partial charge on any atom is -0.343 e. The molecular weight excluding hydrogens is 321 g/mol. The molecule has 0 radical (unpaired) electrons. The van der Waals surface area contributed by atoms with Crippen LogP contribution in [0.2, 0.25) is 10.0 Å². The molecular formula is C16H11Cl2N3O. The van der Waals surface area contributed by atoms with Crippen molar-refractivity contribution in [1.29, 1.82) is 0 Å². The van der Waals surface area contributed by atoms with Crippen molar-refractivity contribution in [2.75, 3.05) is 0 Å². The molecule has 4 nitrogen and oxygen atoms in total.